The zero-order valence-electron chi connectivity index (χ0n) is 17.2. The molecule has 2 unspecified atom stereocenters. The molecule has 1 aromatic heterocycles. The number of rotatable bonds is 5. The third-order valence-corrected chi connectivity index (χ3v) is 6.56. The van der Waals surface area contributed by atoms with Crippen molar-refractivity contribution in [3.63, 3.8) is 0 Å². The smallest absolute Gasteiger partial charge is 0.316 e. The van der Waals surface area contributed by atoms with Gasteiger partial charge in [-0.1, -0.05) is 23.4 Å². The highest BCUT2D eigenvalue weighted by Crippen LogP contribution is 2.32. The van der Waals surface area contributed by atoms with Crippen LogP contribution in [0.1, 0.15) is 28.9 Å². The SMILES string of the molecule is COc1ncc2c(n1)CCN(CCN1CCC(C3=NOC4C=CC=CC34)CC1)C2=O. The molecule has 1 saturated heterocycles. The maximum Gasteiger partial charge on any atom is 0.316 e. The van der Waals surface area contributed by atoms with Crippen molar-refractivity contribution < 1.29 is 14.4 Å². The summed E-state index contributed by atoms with van der Waals surface area (Å²) >= 11 is 0. The number of carbonyl (C=O) groups is 1. The lowest BCUT2D eigenvalue weighted by atomic mass is 9.82. The molecule has 0 saturated carbocycles. The largest absolute Gasteiger partial charge is 0.467 e. The van der Waals surface area contributed by atoms with Gasteiger partial charge in [0, 0.05) is 38.2 Å². The zero-order valence-corrected chi connectivity index (χ0v) is 17.2. The van der Waals surface area contributed by atoms with Gasteiger partial charge in [-0.15, -0.1) is 0 Å². The van der Waals surface area contributed by atoms with Crippen molar-refractivity contribution >= 4 is 11.6 Å². The van der Waals surface area contributed by atoms with Crippen LogP contribution in [0.2, 0.25) is 0 Å². The Bertz CT molecular complexity index is 904. The van der Waals surface area contributed by atoms with Gasteiger partial charge < -0.3 is 19.4 Å². The van der Waals surface area contributed by atoms with E-state index in [1.165, 1.54) is 12.8 Å². The fraction of sp³-hybridized carbons (Fsp3) is 0.545. The summed E-state index contributed by atoms with van der Waals surface area (Å²) < 4.78 is 5.07. The Kier molecular flexibility index (Phi) is 5.25. The van der Waals surface area contributed by atoms with Crippen molar-refractivity contribution in [2.45, 2.75) is 25.4 Å². The maximum atomic E-state index is 12.8. The molecule has 0 N–H and O–H groups in total. The minimum atomic E-state index is 0.0226. The van der Waals surface area contributed by atoms with E-state index in [9.17, 15) is 4.79 Å². The van der Waals surface area contributed by atoms with E-state index in [-0.39, 0.29) is 12.0 Å². The molecular formula is C22H27N5O3. The summed E-state index contributed by atoms with van der Waals surface area (Å²) in [6.07, 6.45) is 13.0. The van der Waals surface area contributed by atoms with Crippen LogP contribution in [0.3, 0.4) is 0 Å². The van der Waals surface area contributed by atoms with Crippen molar-refractivity contribution in [3.8, 4) is 6.01 Å². The number of carbonyl (C=O) groups excluding carboxylic acids is 1. The monoisotopic (exact) mass is 409 g/mol. The standard InChI is InChI=1S/C22H27N5O3/c1-29-22-23-14-17-18(24-22)8-11-27(21(17)28)13-12-26-9-6-15(7-10-26)20-16-4-2-3-5-19(16)30-25-20/h2-5,14-16,19H,6-13H2,1H3. The number of amides is 1. The normalized spacial score (nSPS) is 26.2. The molecule has 0 bridgehead atoms. The summed E-state index contributed by atoms with van der Waals surface area (Å²) in [5, 5.41) is 4.41. The number of fused-ring (bicyclic) bond motifs is 2. The highest BCUT2D eigenvalue weighted by Gasteiger charge is 2.37. The van der Waals surface area contributed by atoms with E-state index in [1.54, 1.807) is 6.20 Å². The number of nitrogens with zero attached hydrogens (tertiary/aromatic N) is 5. The van der Waals surface area contributed by atoms with Gasteiger partial charge >= 0.3 is 6.01 Å². The van der Waals surface area contributed by atoms with E-state index in [4.69, 9.17) is 9.57 Å². The van der Waals surface area contributed by atoms with Gasteiger partial charge in [0.15, 0.2) is 6.10 Å². The number of allylic oxidation sites excluding steroid dienone is 2. The first kappa shape index (κ1) is 19.2. The van der Waals surface area contributed by atoms with Crippen molar-refractivity contribution in [1.82, 2.24) is 19.8 Å². The molecule has 1 amide bonds. The fourth-order valence-electron chi connectivity index (χ4n) is 4.79. The molecule has 3 aliphatic heterocycles. The first-order chi connectivity index (χ1) is 14.7. The van der Waals surface area contributed by atoms with Crippen LogP contribution in [-0.4, -0.2) is 77.3 Å². The van der Waals surface area contributed by atoms with Crippen LogP contribution in [0.4, 0.5) is 0 Å². The summed E-state index contributed by atoms with van der Waals surface area (Å²) in [7, 11) is 1.54. The van der Waals surface area contributed by atoms with Crippen LogP contribution in [0.15, 0.2) is 35.7 Å². The van der Waals surface area contributed by atoms with Crippen molar-refractivity contribution in [1.29, 1.82) is 0 Å². The fourth-order valence-corrected chi connectivity index (χ4v) is 4.79. The number of ether oxygens (including phenoxy) is 1. The van der Waals surface area contributed by atoms with Crippen molar-refractivity contribution in [2.24, 2.45) is 17.0 Å². The molecule has 2 atom stereocenters. The molecule has 4 aliphatic rings. The molecule has 0 spiro atoms. The number of hydrogen-bond donors (Lipinski definition) is 0. The second-order valence-corrected chi connectivity index (χ2v) is 8.26. The van der Waals surface area contributed by atoms with Gasteiger partial charge in [0.25, 0.3) is 5.91 Å². The minimum Gasteiger partial charge on any atom is -0.467 e. The van der Waals surface area contributed by atoms with E-state index >= 15 is 0 Å². The van der Waals surface area contributed by atoms with Gasteiger partial charge in [-0.05, 0) is 32.0 Å². The Morgan fingerprint density at radius 1 is 1.17 bits per heavy atom. The summed E-state index contributed by atoms with van der Waals surface area (Å²) in [5.41, 5.74) is 2.59. The van der Waals surface area contributed by atoms with Gasteiger partial charge in [-0.2, -0.15) is 4.98 Å². The van der Waals surface area contributed by atoms with Gasteiger partial charge in [0.2, 0.25) is 0 Å². The summed E-state index contributed by atoms with van der Waals surface area (Å²) in [5.74, 6) is 0.816. The average molecular weight is 409 g/mol. The summed E-state index contributed by atoms with van der Waals surface area (Å²) in [4.78, 5) is 31.2. The van der Waals surface area contributed by atoms with Gasteiger partial charge in [0.05, 0.1) is 30.0 Å². The molecule has 1 fully saturated rings. The zero-order chi connectivity index (χ0) is 20.5. The van der Waals surface area contributed by atoms with E-state index < -0.39 is 0 Å². The molecular weight excluding hydrogens is 382 g/mol. The van der Waals surface area contributed by atoms with E-state index in [2.05, 4.69) is 38.3 Å². The molecule has 4 heterocycles. The van der Waals surface area contributed by atoms with Crippen molar-refractivity contribution in [2.75, 3.05) is 39.8 Å². The molecule has 158 valence electrons. The molecule has 1 aromatic rings. The number of likely N-dealkylation sites (tertiary alicyclic amines) is 1. The number of aromatic nitrogens is 2. The van der Waals surface area contributed by atoms with Gasteiger partial charge in [-0.3, -0.25) is 4.79 Å². The Labute approximate surface area is 176 Å². The van der Waals surface area contributed by atoms with E-state index in [1.807, 2.05) is 11.0 Å². The number of oxime groups is 1. The van der Waals surface area contributed by atoms with Crippen molar-refractivity contribution in [3.05, 3.63) is 41.8 Å². The van der Waals surface area contributed by atoms with Crippen LogP contribution < -0.4 is 4.74 Å². The van der Waals surface area contributed by atoms with E-state index in [0.717, 1.165) is 51.1 Å². The molecule has 30 heavy (non-hydrogen) atoms. The van der Waals surface area contributed by atoms with Crippen LogP contribution >= 0.6 is 0 Å². The second-order valence-electron chi connectivity index (χ2n) is 8.26. The first-order valence-electron chi connectivity index (χ1n) is 10.7. The predicted octanol–water partition coefficient (Wildman–Crippen LogP) is 1.69. The lowest BCUT2D eigenvalue weighted by Gasteiger charge is -2.35. The third kappa shape index (κ3) is 3.60. The molecule has 8 nitrogen and oxygen atoms in total. The number of methoxy groups -OCH3 is 1. The second kappa shape index (κ2) is 8.18. The maximum absolute atomic E-state index is 12.8. The summed E-state index contributed by atoms with van der Waals surface area (Å²) in [6.45, 7) is 4.37. The van der Waals surface area contributed by atoms with Gasteiger partial charge in [0.1, 0.15) is 0 Å². The number of piperidine rings is 1. The quantitative estimate of drug-likeness (QED) is 0.736. The van der Waals surface area contributed by atoms with E-state index in [0.29, 0.717) is 30.0 Å². The highest BCUT2D eigenvalue weighted by atomic mass is 16.6. The summed E-state index contributed by atoms with van der Waals surface area (Å²) in [6, 6.07) is 0.321. The molecule has 5 rings (SSSR count). The van der Waals surface area contributed by atoms with Crippen LogP contribution in [0.25, 0.3) is 0 Å². The molecule has 8 heteroatoms. The molecule has 0 radical (unpaired) electrons. The minimum absolute atomic E-state index is 0.0226. The third-order valence-electron chi connectivity index (χ3n) is 6.56. The Morgan fingerprint density at radius 3 is 2.83 bits per heavy atom. The van der Waals surface area contributed by atoms with Crippen LogP contribution in [-0.2, 0) is 11.3 Å². The number of hydrogen-bond acceptors (Lipinski definition) is 7. The van der Waals surface area contributed by atoms with Gasteiger partial charge in [-0.25, -0.2) is 4.98 Å². The molecule has 0 aromatic carbocycles. The predicted molar refractivity (Wildman–Crippen MR) is 111 cm³/mol. The van der Waals surface area contributed by atoms with Crippen LogP contribution in [0, 0.1) is 11.8 Å². The lowest BCUT2D eigenvalue weighted by Crippen LogP contribution is -2.45. The molecule has 1 aliphatic carbocycles. The Morgan fingerprint density at radius 2 is 2.00 bits per heavy atom. The first-order valence-corrected chi connectivity index (χ1v) is 10.7. The Hall–Kier alpha value is -2.74. The average Bonchev–Trinajstić information content (AvgIpc) is 3.23. The lowest BCUT2D eigenvalue weighted by molar-refractivity contribution is 0.0706. The van der Waals surface area contributed by atoms with Crippen LogP contribution in [0.5, 0.6) is 6.01 Å². The topological polar surface area (TPSA) is 80.2 Å². The Balaban J connectivity index is 1.12. The highest BCUT2D eigenvalue weighted by molar-refractivity contribution is 5.96.